The van der Waals surface area contributed by atoms with Crippen LogP contribution in [0.4, 0.5) is 10.1 Å². The van der Waals surface area contributed by atoms with Crippen LogP contribution in [0.15, 0.2) is 47.0 Å². The van der Waals surface area contributed by atoms with E-state index in [1.807, 2.05) is 36.9 Å². The Balaban J connectivity index is 1.57. The lowest BCUT2D eigenvalue weighted by Crippen LogP contribution is -2.35. The second kappa shape index (κ2) is 11.4. The number of aromatic nitrogens is 2. The highest BCUT2D eigenvalue weighted by atomic mass is 19.1. The highest BCUT2D eigenvalue weighted by molar-refractivity contribution is 5.93. The molecular formula is C23H27FN4O4. The molecular weight excluding hydrogens is 415 g/mol. The highest BCUT2D eigenvalue weighted by Gasteiger charge is 2.16. The van der Waals surface area contributed by atoms with Crippen molar-refractivity contribution in [2.45, 2.75) is 27.0 Å². The molecule has 1 amide bonds. The van der Waals surface area contributed by atoms with Crippen molar-refractivity contribution in [3.8, 4) is 5.75 Å². The summed E-state index contributed by atoms with van der Waals surface area (Å²) in [7, 11) is 1.60. The summed E-state index contributed by atoms with van der Waals surface area (Å²) in [5, 5.41) is 6.86. The van der Waals surface area contributed by atoms with Gasteiger partial charge in [0.2, 0.25) is 17.6 Å². The van der Waals surface area contributed by atoms with Gasteiger partial charge in [0.05, 0.1) is 19.7 Å². The molecule has 1 N–H and O–H groups in total. The summed E-state index contributed by atoms with van der Waals surface area (Å²) in [5.41, 5.74) is 2.94. The van der Waals surface area contributed by atoms with Crippen LogP contribution < -0.4 is 10.1 Å². The maximum absolute atomic E-state index is 13.0. The second-order valence-corrected chi connectivity index (χ2v) is 7.35. The normalized spacial score (nSPS) is 11.0. The predicted octanol–water partition coefficient (Wildman–Crippen LogP) is 3.49. The van der Waals surface area contributed by atoms with Crippen LogP contribution in [0.25, 0.3) is 0 Å². The topological polar surface area (TPSA) is 89.7 Å². The summed E-state index contributed by atoms with van der Waals surface area (Å²) in [6, 6.07) is 11.5. The number of ether oxygens (including phenoxy) is 2. The van der Waals surface area contributed by atoms with Crippen molar-refractivity contribution in [2.24, 2.45) is 0 Å². The summed E-state index contributed by atoms with van der Waals surface area (Å²) in [5.74, 6) is 0.739. The molecule has 32 heavy (non-hydrogen) atoms. The van der Waals surface area contributed by atoms with E-state index < -0.39 is 0 Å². The van der Waals surface area contributed by atoms with Gasteiger partial charge in [-0.1, -0.05) is 17.3 Å². The van der Waals surface area contributed by atoms with Crippen molar-refractivity contribution < 1.29 is 23.2 Å². The molecule has 1 aromatic heterocycles. The number of hydrogen-bond donors (Lipinski definition) is 1. The number of nitrogens with zero attached hydrogens (tertiary/aromatic N) is 3. The smallest absolute Gasteiger partial charge is 0.240 e. The van der Waals surface area contributed by atoms with Gasteiger partial charge in [0.25, 0.3) is 0 Å². The first-order chi connectivity index (χ1) is 15.4. The Labute approximate surface area is 186 Å². The standard InChI is InChI=1S/C23H27FN4O4/c1-16-5-4-6-20(17(16)2)25-22(29)13-28(11-12-30-3)14-23-26-21(27-32-23)15-31-19-9-7-18(24)8-10-19/h4-10H,11-15H2,1-3H3,(H,25,29). The SMILES string of the molecule is COCCN(CC(=O)Nc1cccc(C)c1C)Cc1nc(COc2ccc(F)cc2)no1. The molecule has 0 aliphatic carbocycles. The molecule has 8 nitrogen and oxygen atoms in total. The number of halogens is 1. The molecule has 0 radical (unpaired) electrons. The minimum Gasteiger partial charge on any atom is -0.485 e. The summed E-state index contributed by atoms with van der Waals surface area (Å²) in [6.45, 7) is 5.45. The van der Waals surface area contributed by atoms with E-state index >= 15 is 0 Å². The summed E-state index contributed by atoms with van der Waals surface area (Å²) in [6.07, 6.45) is 0. The Morgan fingerprint density at radius 3 is 2.72 bits per heavy atom. The average Bonchev–Trinajstić information content (AvgIpc) is 3.22. The van der Waals surface area contributed by atoms with E-state index in [-0.39, 0.29) is 31.4 Å². The molecule has 0 aliphatic heterocycles. The van der Waals surface area contributed by atoms with Crippen molar-refractivity contribution in [1.82, 2.24) is 15.0 Å². The second-order valence-electron chi connectivity index (χ2n) is 7.35. The average molecular weight is 442 g/mol. The third-order valence-corrected chi connectivity index (χ3v) is 4.91. The first-order valence-electron chi connectivity index (χ1n) is 10.2. The zero-order chi connectivity index (χ0) is 22.9. The quantitative estimate of drug-likeness (QED) is 0.486. The fourth-order valence-corrected chi connectivity index (χ4v) is 3.00. The number of carbonyl (C=O) groups excluding carboxylic acids is 1. The van der Waals surface area contributed by atoms with Crippen LogP contribution in [0.2, 0.25) is 0 Å². The highest BCUT2D eigenvalue weighted by Crippen LogP contribution is 2.18. The van der Waals surface area contributed by atoms with Crippen molar-refractivity contribution in [2.75, 3.05) is 32.1 Å². The molecule has 9 heteroatoms. The van der Waals surface area contributed by atoms with Crippen LogP contribution in [-0.2, 0) is 22.7 Å². The van der Waals surface area contributed by atoms with Crippen LogP contribution >= 0.6 is 0 Å². The van der Waals surface area contributed by atoms with Crippen LogP contribution in [0.5, 0.6) is 5.75 Å². The number of nitrogens with one attached hydrogen (secondary N) is 1. The first-order valence-corrected chi connectivity index (χ1v) is 10.2. The van der Waals surface area contributed by atoms with E-state index in [9.17, 15) is 9.18 Å². The Morgan fingerprint density at radius 1 is 1.19 bits per heavy atom. The van der Waals surface area contributed by atoms with E-state index in [2.05, 4.69) is 15.5 Å². The fraction of sp³-hybridized carbons (Fsp3) is 0.348. The number of anilines is 1. The zero-order valence-corrected chi connectivity index (χ0v) is 18.4. The largest absolute Gasteiger partial charge is 0.485 e. The van der Waals surface area contributed by atoms with Gasteiger partial charge in [-0.3, -0.25) is 9.69 Å². The van der Waals surface area contributed by atoms with Gasteiger partial charge in [-0.2, -0.15) is 4.98 Å². The molecule has 170 valence electrons. The van der Waals surface area contributed by atoms with Crippen LogP contribution in [0, 0.1) is 19.7 Å². The van der Waals surface area contributed by atoms with E-state index in [0.717, 1.165) is 16.8 Å². The van der Waals surface area contributed by atoms with Crippen molar-refractivity contribution >= 4 is 11.6 Å². The number of carbonyl (C=O) groups is 1. The molecule has 3 aromatic rings. The third kappa shape index (κ3) is 6.86. The zero-order valence-electron chi connectivity index (χ0n) is 18.4. The summed E-state index contributed by atoms with van der Waals surface area (Å²) >= 11 is 0. The van der Waals surface area contributed by atoms with Gasteiger partial charge in [-0.25, -0.2) is 4.39 Å². The molecule has 0 spiro atoms. The minimum atomic E-state index is -0.336. The number of benzene rings is 2. The molecule has 0 unspecified atom stereocenters. The Hall–Kier alpha value is -3.30. The molecule has 0 saturated heterocycles. The van der Waals surface area contributed by atoms with Crippen LogP contribution in [0.1, 0.15) is 22.8 Å². The molecule has 0 aliphatic rings. The number of rotatable bonds is 11. The van der Waals surface area contributed by atoms with Gasteiger partial charge in [-0.05, 0) is 55.3 Å². The lowest BCUT2D eigenvalue weighted by atomic mass is 10.1. The molecule has 1 heterocycles. The van der Waals surface area contributed by atoms with Crippen molar-refractivity contribution in [1.29, 1.82) is 0 Å². The lowest BCUT2D eigenvalue weighted by molar-refractivity contribution is -0.117. The molecule has 0 fully saturated rings. The number of amides is 1. The van der Waals surface area contributed by atoms with Gasteiger partial charge in [0.1, 0.15) is 11.6 Å². The number of methoxy groups -OCH3 is 1. The van der Waals surface area contributed by atoms with Crippen LogP contribution in [0.3, 0.4) is 0 Å². The molecule has 0 saturated carbocycles. The van der Waals surface area contributed by atoms with Gasteiger partial charge in [-0.15, -0.1) is 0 Å². The summed E-state index contributed by atoms with van der Waals surface area (Å²) in [4.78, 5) is 18.8. The third-order valence-electron chi connectivity index (χ3n) is 4.91. The van der Waals surface area contributed by atoms with Gasteiger partial charge in [0.15, 0.2) is 6.61 Å². The monoisotopic (exact) mass is 442 g/mol. The Bertz CT molecular complexity index is 1020. The Morgan fingerprint density at radius 2 is 1.97 bits per heavy atom. The van der Waals surface area contributed by atoms with E-state index in [0.29, 0.717) is 30.6 Å². The van der Waals surface area contributed by atoms with Crippen molar-refractivity contribution in [3.63, 3.8) is 0 Å². The van der Waals surface area contributed by atoms with E-state index in [1.165, 1.54) is 24.3 Å². The molecule has 0 bridgehead atoms. The minimum absolute atomic E-state index is 0.0837. The summed E-state index contributed by atoms with van der Waals surface area (Å²) < 4.78 is 29.0. The fourth-order valence-electron chi connectivity index (χ4n) is 3.00. The van der Waals surface area contributed by atoms with Crippen molar-refractivity contribution in [3.05, 3.63) is 71.1 Å². The van der Waals surface area contributed by atoms with Crippen LogP contribution in [-0.4, -0.2) is 47.8 Å². The maximum atomic E-state index is 13.0. The Kier molecular flexibility index (Phi) is 8.29. The molecule has 2 aromatic carbocycles. The van der Waals surface area contributed by atoms with Gasteiger partial charge >= 0.3 is 0 Å². The number of aryl methyl sites for hydroxylation is 1. The van der Waals surface area contributed by atoms with Gasteiger partial charge in [0, 0.05) is 19.3 Å². The van der Waals surface area contributed by atoms with E-state index in [1.54, 1.807) is 7.11 Å². The maximum Gasteiger partial charge on any atom is 0.240 e. The molecule has 0 atom stereocenters. The van der Waals surface area contributed by atoms with Gasteiger partial charge < -0.3 is 19.3 Å². The van der Waals surface area contributed by atoms with E-state index in [4.69, 9.17) is 14.0 Å². The molecule has 3 rings (SSSR count). The predicted molar refractivity (Wildman–Crippen MR) is 117 cm³/mol. The number of hydrogen-bond acceptors (Lipinski definition) is 7. The first kappa shape index (κ1) is 23.4. The lowest BCUT2D eigenvalue weighted by Gasteiger charge is -2.20.